The smallest absolute Gasteiger partial charge is 0.228 e. The van der Waals surface area contributed by atoms with Crippen LogP contribution < -0.4 is 0 Å². The summed E-state index contributed by atoms with van der Waals surface area (Å²) < 4.78 is 0. The lowest BCUT2D eigenvalue weighted by Gasteiger charge is -2.26. The minimum Gasteiger partial charge on any atom is -0.342 e. The van der Waals surface area contributed by atoms with Gasteiger partial charge >= 0.3 is 0 Å². The molecule has 0 aliphatic carbocycles. The second-order valence-electron chi connectivity index (χ2n) is 4.67. The topological polar surface area (TPSA) is 46.1 Å². The van der Waals surface area contributed by atoms with Gasteiger partial charge in [-0.3, -0.25) is 4.79 Å². The van der Waals surface area contributed by atoms with Gasteiger partial charge in [0.25, 0.3) is 0 Å². The Bertz CT molecular complexity index is 411. The molecule has 0 atom stereocenters. The Morgan fingerprint density at radius 1 is 1.29 bits per heavy atom. The molecular weight excluding hydrogens is 214 g/mol. The number of rotatable bonds is 2. The Labute approximate surface area is 102 Å². The number of carbonyl (C=O) groups is 1. The van der Waals surface area contributed by atoms with Gasteiger partial charge in [-0.1, -0.05) is 0 Å². The summed E-state index contributed by atoms with van der Waals surface area (Å²) >= 11 is 0. The van der Waals surface area contributed by atoms with Crippen molar-refractivity contribution in [2.45, 2.75) is 39.5 Å². The van der Waals surface area contributed by atoms with Gasteiger partial charge in [-0.15, -0.1) is 0 Å². The van der Waals surface area contributed by atoms with Crippen molar-refractivity contribution in [3.63, 3.8) is 0 Å². The van der Waals surface area contributed by atoms with E-state index in [1.54, 1.807) is 6.20 Å². The van der Waals surface area contributed by atoms with Gasteiger partial charge < -0.3 is 4.90 Å². The highest BCUT2D eigenvalue weighted by atomic mass is 16.2. The minimum absolute atomic E-state index is 0.200. The number of amides is 1. The van der Waals surface area contributed by atoms with Crippen LogP contribution in [0.2, 0.25) is 0 Å². The van der Waals surface area contributed by atoms with Crippen molar-refractivity contribution < 1.29 is 4.79 Å². The van der Waals surface area contributed by atoms with Crippen LogP contribution in [0.4, 0.5) is 0 Å². The van der Waals surface area contributed by atoms with Crippen molar-refractivity contribution in [2.24, 2.45) is 0 Å². The average Bonchev–Trinajstić information content (AvgIpc) is 2.35. The molecule has 92 valence electrons. The molecule has 0 N–H and O–H groups in total. The van der Waals surface area contributed by atoms with Crippen LogP contribution in [0.25, 0.3) is 0 Å². The summed E-state index contributed by atoms with van der Waals surface area (Å²) in [4.78, 5) is 22.5. The van der Waals surface area contributed by atoms with Crippen molar-refractivity contribution in [3.8, 4) is 0 Å². The van der Waals surface area contributed by atoms with Crippen molar-refractivity contribution in [1.82, 2.24) is 14.9 Å². The number of carbonyl (C=O) groups excluding carboxylic acids is 1. The van der Waals surface area contributed by atoms with Crippen LogP contribution in [-0.2, 0) is 11.2 Å². The van der Waals surface area contributed by atoms with E-state index in [1.165, 1.54) is 6.42 Å². The molecule has 1 aromatic rings. The number of piperidine rings is 1. The monoisotopic (exact) mass is 233 g/mol. The summed E-state index contributed by atoms with van der Waals surface area (Å²) in [6.45, 7) is 5.62. The van der Waals surface area contributed by atoms with Crippen LogP contribution in [0.3, 0.4) is 0 Å². The van der Waals surface area contributed by atoms with Crippen molar-refractivity contribution >= 4 is 5.91 Å². The molecule has 1 aliphatic heterocycles. The molecular formula is C13H19N3O. The van der Waals surface area contributed by atoms with Crippen molar-refractivity contribution in [1.29, 1.82) is 0 Å². The van der Waals surface area contributed by atoms with Crippen LogP contribution in [-0.4, -0.2) is 33.9 Å². The molecule has 0 unspecified atom stereocenters. The Morgan fingerprint density at radius 2 is 2.00 bits per heavy atom. The van der Waals surface area contributed by atoms with Crippen LogP contribution in [0.5, 0.6) is 0 Å². The molecule has 1 fully saturated rings. The Hall–Kier alpha value is -1.45. The van der Waals surface area contributed by atoms with Gasteiger partial charge in [-0.25, -0.2) is 9.97 Å². The van der Waals surface area contributed by atoms with Gasteiger partial charge in [0.05, 0.1) is 12.1 Å². The quantitative estimate of drug-likeness (QED) is 0.780. The molecule has 1 saturated heterocycles. The maximum Gasteiger partial charge on any atom is 0.228 e. The van der Waals surface area contributed by atoms with Gasteiger partial charge in [0.1, 0.15) is 5.82 Å². The number of likely N-dealkylation sites (tertiary alicyclic amines) is 1. The molecule has 4 nitrogen and oxygen atoms in total. The highest BCUT2D eigenvalue weighted by molar-refractivity contribution is 5.78. The molecule has 2 heterocycles. The van der Waals surface area contributed by atoms with Crippen LogP contribution in [0, 0.1) is 13.8 Å². The summed E-state index contributed by atoms with van der Waals surface area (Å²) in [7, 11) is 0. The van der Waals surface area contributed by atoms with E-state index < -0.39 is 0 Å². The van der Waals surface area contributed by atoms with Gasteiger partial charge in [0.2, 0.25) is 5.91 Å². The van der Waals surface area contributed by atoms with Crippen LogP contribution in [0.1, 0.15) is 36.3 Å². The molecule has 0 saturated carbocycles. The van der Waals surface area contributed by atoms with Gasteiger partial charge in [0.15, 0.2) is 0 Å². The summed E-state index contributed by atoms with van der Waals surface area (Å²) in [6.07, 6.45) is 5.72. The van der Waals surface area contributed by atoms with E-state index in [-0.39, 0.29) is 5.91 Å². The van der Waals surface area contributed by atoms with E-state index in [9.17, 15) is 4.79 Å². The highest BCUT2D eigenvalue weighted by Gasteiger charge is 2.18. The van der Waals surface area contributed by atoms with Gasteiger partial charge in [0, 0.05) is 19.3 Å². The van der Waals surface area contributed by atoms with E-state index in [4.69, 9.17) is 0 Å². The largest absolute Gasteiger partial charge is 0.342 e. The van der Waals surface area contributed by atoms with E-state index in [2.05, 4.69) is 9.97 Å². The first-order valence-electron chi connectivity index (χ1n) is 6.23. The predicted molar refractivity (Wildman–Crippen MR) is 65.6 cm³/mol. The molecule has 1 aliphatic rings. The maximum absolute atomic E-state index is 12.1. The Morgan fingerprint density at radius 3 is 2.71 bits per heavy atom. The number of aromatic nitrogens is 2. The van der Waals surface area contributed by atoms with E-state index in [0.29, 0.717) is 6.42 Å². The zero-order chi connectivity index (χ0) is 12.3. The zero-order valence-electron chi connectivity index (χ0n) is 10.6. The number of hydrogen-bond acceptors (Lipinski definition) is 3. The Kier molecular flexibility index (Phi) is 3.71. The zero-order valence-corrected chi connectivity index (χ0v) is 10.6. The molecule has 2 rings (SSSR count). The van der Waals surface area contributed by atoms with Crippen LogP contribution in [0.15, 0.2) is 6.20 Å². The third-order valence-corrected chi connectivity index (χ3v) is 3.22. The van der Waals surface area contributed by atoms with Crippen molar-refractivity contribution in [3.05, 3.63) is 23.3 Å². The number of aryl methyl sites for hydroxylation is 2. The number of hydrogen-bond donors (Lipinski definition) is 0. The van der Waals surface area contributed by atoms with E-state index in [1.807, 2.05) is 18.7 Å². The predicted octanol–water partition coefficient (Wildman–Crippen LogP) is 1.65. The fraction of sp³-hybridized carbons (Fsp3) is 0.615. The molecule has 0 radical (unpaired) electrons. The first kappa shape index (κ1) is 12.0. The third kappa shape index (κ3) is 3.02. The summed E-state index contributed by atoms with van der Waals surface area (Å²) in [5, 5.41) is 0. The second kappa shape index (κ2) is 5.25. The fourth-order valence-corrected chi connectivity index (χ4v) is 2.15. The normalized spacial score (nSPS) is 16.0. The lowest BCUT2D eigenvalue weighted by Crippen LogP contribution is -2.36. The Balaban J connectivity index is 2.04. The summed E-state index contributed by atoms with van der Waals surface area (Å²) in [5.41, 5.74) is 1.87. The highest BCUT2D eigenvalue weighted by Crippen LogP contribution is 2.12. The number of nitrogens with zero attached hydrogens (tertiary/aromatic N) is 3. The SMILES string of the molecule is Cc1ncc(C)c(CC(=O)N2CCCCC2)n1. The fourth-order valence-electron chi connectivity index (χ4n) is 2.15. The standard InChI is InChI=1S/C13H19N3O/c1-10-9-14-11(2)15-12(10)8-13(17)16-6-4-3-5-7-16/h9H,3-8H2,1-2H3. The van der Waals surface area contributed by atoms with Crippen LogP contribution >= 0.6 is 0 Å². The van der Waals surface area contributed by atoms with Gasteiger partial charge in [-0.2, -0.15) is 0 Å². The second-order valence-corrected chi connectivity index (χ2v) is 4.67. The molecule has 0 bridgehead atoms. The van der Waals surface area contributed by atoms with Gasteiger partial charge in [-0.05, 0) is 38.7 Å². The molecule has 1 amide bonds. The first-order valence-corrected chi connectivity index (χ1v) is 6.23. The summed E-state index contributed by atoms with van der Waals surface area (Å²) in [5.74, 6) is 0.933. The summed E-state index contributed by atoms with van der Waals surface area (Å²) in [6, 6.07) is 0. The lowest BCUT2D eigenvalue weighted by molar-refractivity contribution is -0.131. The molecule has 1 aromatic heterocycles. The third-order valence-electron chi connectivity index (χ3n) is 3.22. The lowest BCUT2D eigenvalue weighted by atomic mass is 10.1. The average molecular weight is 233 g/mol. The molecule has 0 spiro atoms. The molecule has 17 heavy (non-hydrogen) atoms. The first-order chi connectivity index (χ1) is 8.16. The molecule has 4 heteroatoms. The van der Waals surface area contributed by atoms with E-state index >= 15 is 0 Å². The maximum atomic E-state index is 12.1. The van der Waals surface area contributed by atoms with E-state index in [0.717, 1.165) is 43.0 Å². The molecule has 0 aromatic carbocycles. The van der Waals surface area contributed by atoms with Crippen molar-refractivity contribution in [2.75, 3.05) is 13.1 Å². The minimum atomic E-state index is 0.200.